The molecule has 0 saturated carbocycles. The molecular weight excluding hydrogens is 250 g/mol. The Kier molecular flexibility index (Phi) is 3.41. The summed E-state index contributed by atoms with van der Waals surface area (Å²) < 4.78 is 0. The SMILES string of the molecule is Cc1cnc(N)nc1N1CCN(c2ccccc2)CC1. The lowest BCUT2D eigenvalue weighted by atomic mass is 10.2. The van der Waals surface area contributed by atoms with Crippen LogP contribution in [0.1, 0.15) is 5.56 Å². The van der Waals surface area contributed by atoms with Crippen molar-refractivity contribution < 1.29 is 0 Å². The van der Waals surface area contributed by atoms with Crippen LogP contribution in [0, 0.1) is 6.92 Å². The van der Waals surface area contributed by atoms with E-state index in [0.29, 0.717) is 5.95 Å². The van der Waals surface area contributed by atoms with Gasteiger partial charge in [0.1, 0.15) is 5.82 Å². The Morgan fingerprint density at radius 3 is 2.35 bits per heavy atom. The minimum absolute atomic E-state index is 0.344. The van der Waals surface area contributed by atoms with Crippen LogP contribution in [0.3, 0.4) is 0 Å². The van der Waals surface area contributed by atoms with Gasteiger partial charge in [-0.05, 0) is 19.1 Å². The van der Waals surface area contributed by atoms with E-state index in [1.165, 1.54) is 5.69 Å². The zero-order valence-electron chi connectivity index (χ0n) is 11.7. The average molecular weight is 269 g/mol. The maximum atomic E-state index is 5.69. The Hall–Kier alpha value is -2.30. The fourth-order valence-electron chi connectivity index (χ4n) is 2.58. The van der Waals surface area contributed by atoms with Crippen LogP contribution in [0.25, 0.3) is 0 Å². The molecule has 2 aromatic rings. The lowest BCUT2D eigenvalue weighted by Gasteiger charge is -2.37. The van der Waals surface area contributed by atoms with E-state index in [2.05, 4.69) is 44.0 Å². The molecule has 0 unspecified atom stereocenters. The Balaban J connectivity index is 1.71. The van der Waals surface area contributed by atoms with Gasteiger partial charge in [-0.1, -0.05) is 18.2 Å². The third-order valence-electron chi connectivity index (χ3n) is 3.66. The maximum Gasteiger partial charge on any atom is 0.221 e. The molecule has 5 nitrogen and oxygen atoms in total. The number of hydrogen-bond acceptors (Lipinski definition) is 5. The number of nitrogen functional groups attached to an aromatic ring is 1. The first-order chi connectivity index (χ1) is 9.74. The molecule has 2 N–H and O–H groups in total. The van der Waals surface area contributed by atoms with Gasteiger partial charge >= 0.3 is 0 Å². The molecule has 0 radical (unpaired) electrons. The molecule has 0 spiro atoms. The highest BCUT2D eigenvalue weighted by Gasteiger charge is 2.19. The lowest BCUT2D eigenvalue weighted by molar-refractivity contribution is 0.645. The van der Waals surface area contributed by atoms with Crippen LogP contribution < -0.4 is 15.5 Å². The summed E-state index contributed by atoms with van der Waals surface area (Å²) in [6.07, 6.45) is 1.79. The second kappa shape index (κ2) is 5.36. The molecule has 1 aliphatic heterocycles. The predicted octanol–water partition coefficient (Wildman–Crippen LogP) is 1.69. The molecule has 104 valence electrons. The maximum absolute atomic E-state index is 5.69. The van der Waals surface area contributed by atoms with Crippen LogP contribution in [0.4, 0.5) is 17.5 Å². The zero-order valence-corrected chi connectivity index (χ0v) is 11.7. The van der Waals surface area contributed by atoms with E-state index in [1.54, 1.807) is 6.20 Å². The molecule has 0 amide bonds. The van der Waals surface area contributed by atoms with E-state index in [9.17, 15) is 0 Å². The number of aromatic nitrogens is 2. The van der Waals surface area contributed by atoms with Gasteiger partial charge in [0.05, 0.1) is 0 Å². The molecule has 2 heterocycles. The van der Waals surface area contributed by atoms with Gasteiger partial charge in [0, 0.05) is 43.6 Å². The van der Waals surface area contributed by atoms with Crippen LogP contribution in [0.2, 0.25) is 0 Å². The van der Waals surface area contributed by atoms with E-state index >= 15 is 0 Å². The van der Waals surface area contributed by atoms with Gasteiger partial charge in [0.25, 0.3) is 0 Å². The van der Waals surface area contributed by atoms with E-state index in [1.807, 2.05) is 13.0 Å². The first-order valence-electron chi connectivity index (χ1n) is 6.88. The summed E-state index contributed by atoms with van der Waals surface area (Å²) in [5, 5.41) is 0. The van der Waals surface area contributed by atoms with Crippen molar-refractivity contribution in [1.82, 2.24) is 9.97 Å². The van der Waals surface area contributed by atoms with Crippen molar-refractivity contribution in [1.29, 1.82) is 0 Å². The molecule has 0 bridgehead atoms. The summed E-state index contributed by atoms with van der Waals surface area (Å²) in [6, 6.07) is 10.5. The standard InChI is InChI=1S/C15H19N5/c1-12-11-17-15(16)18-14(12)20-9-7-19(8-10-20)13-5-3-2-4-6-13/h2-6,11H,7-10H2,1H3,(H2,16,17,18). The van der Waals surface area contributed by atoms with Crippen LogP contribution >= 0.6 is 0 Å². The molecule has 20 heavy (non-hydrogen) atoms. The smallest absolute Gasteiger partial charge is 0.221 e. The first-order valence-corrected chi connectivity index (χ1v) is 6.88. The second-order valence-electron chi connectivity index (χ2n) is 5.04. The molecule has 0 atom stereocenters. The monoisotopic (exact) mass is 269 g/mol. The van der Waals surface area contributed by atoms with E-state index < -0.39 is 0 Å². The quantitative estimate of drug-likeness (QED) is 0.899. The predicted molar refractivity (Wildman–Crippen MR) is 82.0 cm³/mol. The summed E-state index contributed by atoms with van der Waals surface area (Å²) in [5.74, 6) is 1.31. The van der Waals surface area contributed by atoms with Gasteiger partial charge in [0.2, 0.25) is 5.95 Å². The van der Waals surface area contributed by atoms with Gasteiger partial charge in [-0.15, -0.1) is 0 Å². The van der Waals surface area contributed by atoms with E-state index in [-0.39, 0.29) is 0 Å². The zero-order chi connectivity index (χ0) is 13.9. The largest absolute Gasteiger partial charge is 0.368 e. The van der Waals surface area contributed by atoms with Gasteiger partial charge in [-0.25, -0.2) is 4.98 Å². The molecule has 1 fully saturated rings. The molecule has 0 aliphatic carbocycles. The van der Waals surface area contributed by atoms with Crippen molar-refractivity contribution in [2.45, 2.75) is 6.92 Å². The third kappa shape index (κ3) is 2.52. The van der Waals surface area contributed by atoms with Crippen LogP contribution in [0.15, 0.2) is 36.5 Å². The van der Waals surface area contributed by atoms with Crippen LogP contribution in [-0.4, -0.2) is 36.1 Å². The topological polar surface area (TPSA) is 58.3 Å². The summed E-state index contributed by atoms with van der Waals surface area (Å²) >= 11 is 0. The Morgan fingerprint density at radius 2 is 1.65 bits per heavy atom. The molecular formula is C15H19N5. The van der Waals surface area contributed by atoms with Gasteiger partial charge < -0.3 is 15.5 Å². The van der Waals surface area contributed by atoms with Crippen LogP contribution in [-0.2, 0) is 0 Å². The lowest BCUT2D eigenvalue weighted by Crippen LogP contribution is -2.47. The highest BCUT2D eigenvalue weighted by atomic mass is 15.3. The number of para-hydroxylation sites is 1. The van der Waals surface area contributed by atoms with Crippen molar-refractivity contribution in [2.24, 2.45) is 0 Å². The van der Waals surface area contributed by atoms with Crippen molar-refractivity contribution in [3.63, 3.8) is 0 Å². The normalized spacial score (nSPS) is 15.4. The van der Waals surface area contributed by atoms with E-state index in [0.717, 1.165) is 37.6 Å². The Morgan fingerprint density at radius 1 is 1.00 bits per heavy atom. The molecule has 1 aromatic heterocycles. The van der Waals surface area contributed by atoms with Gasteiger partial charge in [0.15, 0.2) is 0 Å². The number of anilines is 3. The number of benzene rings is 1. The summed E-state index contributed by atoms with van der Waals surface area (Å²) in [6.45, 7) is 5.91. The Bertz CT molecular complexity index is 576. The summed E-state index contributed by atoms with van der Waals surface area (Å²) in [7, 11) is 0. The molecule has 1 aliphatic rings. The number of rotatable bonds is 2. The van der Waals surface area contributed by atoms with Crippen molar-refractivity contribution in [2.75, 3.05) is 41.7 Å². The summed E-state index contributed by atoms with van der Waals surface area (Å²) in [4.78, 5) is 13.1. The fraction of sp³-hybridized carbons (Fsp3) is 0.333. The highest BCUT2D eigenvalue weighted by Crippen LogP contribution is 2.21. The van der Waals surface area contributed by atoms with Crippen molar-refractivity contribution in [3.05, 3.63) is 42.1 Å². The Labute approximate surface area is 119 Å². The number of nitrogens with two attached hydrogens (primary N) is 1. The number of piperazine rings is 1. The van der Waals surface area contributed by atoms with E-state index in [4.69, 9.17) is 5.73 Å². The van der Waals surface area contributed by atoms with Gasteiger partial charge in [-0.3, -0.25) is 0 Å². The average Bonchev–Trinajstić information content (AvgIpc) is 2.51. The third-order valence-corrected chi connectivity index (χ3v) is 3.66. The molecule has 1 saturated heterocycles. The first kappa shape index (κ1) is 12.7. The molecule has 1 aromatic carbocycles. The fourth-order valence-corrected chi connectivity index (χ4v) is 2.58. The number of aryl methyl sites for hydroxylation is 1. The van der Waals surface area contributed by atoms with Crippen molar-refractivity contribution in [3.8, 4) is 0 Å². The summed E-state index contributed by atoms with van der Waals surface area (Å²) in [5.41, 5.74) is 8.05. The van der Waals surface area contributed by atoms with Gasteiger partial charge in [-0.2, -0.15) is 4.98 Å². The number of nitrogens with zero attached hydrogens (tertiary/aromatic N) is 4. The minimum atomic E-state index is 0.344. The molecule has 5 heteroatoms. The highest BCUT2D eigenvalue weighted by molar-refractivity contribution is 5.52. The minimum Gasteiger partial charge on any atom is -0.368 e. The second-order valence-corrected chi connectivity index (χ2v) is 5.04. The number of hydrogen-bond donors (Lipinski definition) is 1. The van der Waals surface area contributed by atoms with Crippen molar-refractivity contribution >= 4 is 17.5 Å². The molecule has 3 rings (SSSR count). The van der Waals surface area contributed by atoms with Crippen LogP contribution in [0.5, 0.6) is 0 Å².